The fourth-order valence-electron chi connectivity index (χ4n) is 2.66. The largest absolute Gasteiger partial charge is 0.480 e. The Hall–Kier alpha value is -1.56. The molecule has 0 spiro atoms. The number of carbonyl (C=O) groups is 2. The van der Waals surface area contributed by atoms with Gasteiger partial charge in [-0.3, -0.25) is 0 Å². The van der Waals surface area contributed by atoms with Crippen molar-refractivity contribution in [3.8, 4) is 0 Å². The van der Waals surface area contributed by atoms with Gasteiger partial charge in [-0.2, -0.15) is 0 Å². The lowest BCUT2D eigenvalue weighted by molar-refractivity contribution is -0.146. The molecule has 0 bridgehead atoms. The van der Waals surface area contributed by atoms with Gasteiger partial charge in [0.2, 0.25) is 0 Å². The van der Waals surface area contributed by atoms with Crippen molar-refractivity contribution in [2.45, 2.75) is 45.1 Å². The van der Waals surface area contributed by atoms with Crippen molar-refractivity contribution < 1.29 is 19.4 Å². The number of hydrogen-bond acceptors (Lipinski definition) is 3. The highest BCUT2D eigenvalue weighted by Gasteiger charge is 2.43. The van der Waals surface area contributed by atoms with Crippen LogP contribution in [0.25, 0.3) is 0 Å². The molecule has 0 aromatic heterocycles. The molecule has 1 saturated carbocycles. The molecule has 1 aliphatic carbocycles. The maximum absolute atomic E-state index is 11.9. The number of amides is 2. The molecular weight excluding hydrogens is 272 g/mol. The summed E-state index contributed by atoms with van der Waals surface area (Å²) in [5.41, 5.74) is -0.221. The van der Waals surface area contributed by atoms with Crippen molar-refractivity contribution in [1.29, 1.82) is 0 Å². The molecule has 2 atom stereocenters. The summed E-state index contributed by atoms with van der Waals surface area (Å²) in [4.78, 5) is 23.4. The Morgan fingerprint density at radius 1 is 1.48 bits per heavy atom. The molecule has 0 heterocycles. The molecule has 21 heavy (non-hydrogen) atoms. The number of urea groups is 1. The standard InChI is InChI=1S/C15H26N2O4/c1-11(2)10-21-8-7-16-14(20)17-15(13(18)19)6-4-5-12(3)9-15/h12H,1,4-10H2,2-3H3,(H,18,19)(H2,16,17,20). The van der Waals surface area contributed by atoms with Crippen LogP contribution in [0.15, 0.2) is 12.2 Å². The van der Waals surface area contributed by atoms with Gasteiger partial charge in [0, 0.05) is 6.54 Å². The Bertz CT molecular complexity index is 397. The highest BCUT2D eigenvalue weighted by Crippen LogP contribution is 2.32. The number of carboxylic acid groups (broad SMARTS) is 1. The molecule has 0 radical (unpaired) electrons. The van der Waals surface area contributed by atoms with Crippen LogP contribution in [0.1, 0.15) is 39.5 Å². The van der Waals surface area contributed by atoms with Crippen molar-refractivity contribution in [3.05, 3.63) is 12.2 Å². The third-order valence-electron chi connectivity index (χ3n) is 3.64. The van der Waals surface area contributed by atoms with Crippen LogP contribution in [0.2, 0.25) is 0 Å². The first kappa shape index (κ1) is 17.5. The Labute approximate surface area is 125 Å². The van der Waals surface area contributed by atoms with E-state index < -0.39 is 17.5 Å². The van der Waals surface area contributed by atoms with E-state index in [4.69, 9.17) is 4.74 Å². The summed E-state index contributed by atoms with van der Waals surface area (Å²) in [6.45, 7) is 8.76. The molecule has 1 rings (SSSR count). The zero-order chi connectivity index (χ0) is 15.9. The number of aliphatic carboxylic acids is 1. The lowest BCUT2D eigenvalue weighted by Crippen LogP contribution is -2.59. The Balaban J connectivity index is 2.39. The second-order valence-electron chi connectivity index (χ2n) is 5.98. The quantitative estimate of drug-likeness (QED) is 0.495. The second kappa shape index (κ2) is 8.02. The molecule has 120 valence electrons. The number of ether oxygens (including phenoxy) is 1. The lowest BCUT2D eigenvalue weighted by atomic mass is 9.76. The molecule has 3 N–H and O–H groups in total. The van der Waals surface area contributed by atoms with Crippen LogP contribution in [0.3, 0.4) is 0 Å². The Kier molecular flexibility index (Phi) is 6.68. The van der Waals surface area contributed by atoms with Crippen LogP contribution in [-0.4, -0.2) is 42.4 Å². The van der Waals surface area contributed by atoms with E-state index in [-0.39, 0.29) is 0 Å². The van der Waals surface area contributed by atoms with E-state index in [0.717, 1.165) is 18.4 Å². The maximum atomic E-state index is 11.9. The van der Waals surface area contributed by atoms with Crippen LogP contribution < -0.4 is 10.6 Å². The SMILES string of the molecule is C=C(C)COCCNC(=O)NC1(C(=O)O)CCCC(C)C1. The van der Waals surface area contributed by atoms with Crippen LogP contribution in [0.5, 0.6) is 0 Å². The number of carbonyl (C=O) groups excluding carboxylic acids is 1. The van der Waals surface area contributed by atoms with Crippen molar-refractivity contribution in [3.63, 3.8) is 0 Å². The van der Waals surface area contributed by atoms with E-state index in [1.165, 1.54) is 0 Å². The number of hydrogen-bond donors (Lipinski definition) is 3. The zero-order valence-corrected chi connectivity index (χ0v) is 12.9. The smallest absolute Gasteiger partial charge is 0.329 e. The number of rotatable bonds is 7. The van der Waals surface area contributed by atoms with Gasteiger partial charge in [-0.1, -0.05) is 31.9 Å². The molecule has 0 aromatic rings. The summed E-state index contributed by atoms with van der Waals surface area (Å²) in [6.07, 6.45) is 2.77. The molecule has 1 fully saturated rings. The predicted octanol–water partition coefficient (Wildman–Crippen LogP) is 1.91. The summed E-state index contributed by atoms with van der Waals surface area (Å²) < 4.78 is 5.27. The third-order valence-corrected chi connectivity index (χ3v) is 3.64. The van der Waals surface area contributed by atoms with E-state index in [1.807, 2.05) is 13.8 Å². The van der Waals surface area contributed by atoms with E-state index in [9.17, 15) is 14.7 Å². The average molecular weight is 298 g/mol. The summed E-state index contributed by atoms with van der Waals surface area (Å²) in [6, 6.07) is -0.453. The Morgan fingerprint density at radius 2 is 2.19 bits per heavy atom. The van der Waals surface area contributed by atoms with Crippen LogP contribution in [-0.2, 0) is 9.53 Å². The first-order valence-electron chi connectivity index (χ1n) is 7.37. The highest BCUT2D eigenvalue weighted by molar-refractivity contribution is 5.86. The molecule has 0 aromatic carbocycles. The molecule has 0 aliphatic heterocycles. The van der Waals surface area contributed by atoms with E-state index in [0.29, 0.717) is 38.5 Å². The molecule has 6 heteroatoms. The normalized spacial score (nSPS) is 25.1. The van der Waals surface area contributed by atoms with Crippen molar-refractivity contribution in [1.82, 2.24) is 10.6 Å². The van der Waals surface area contributed by atoms with E-state index >= 15 is 0 Å². The Morgan fingerprint density at radius 3 is 2.76 bits per heavy atom. The average Bonchev–Trinajstić information content (AvgIpc) is 2.37. The minimum absolute atomic E-state index is 0.300. The van der Waals surface area contributed by atoms with Crippen LogP contribution >= 0.6 is 0 Å². The molecule has 2 unspecified atom stereocenters. The van der Waals surface area contributed by atoms with E-state index in [2.05, 4.69) is 17.2 Å². The van der Waals surface area contributed by atoms with Gasteiger partial charge in [-0.25, -0.2) is 9.59 Å². The molecule has 1 aliphatic rings. The predicted molar refractivity (Wildman–Crippen MR) is 80.2 cm³/mol. The molecular formula is C15H26N2O4. The van der Waals surface area contributed by atoms with E-state index in [1.54, 1.807) is 0 Å². The first-order valence-corrected chi connectivity index (χ1v) is 7.37. The number of carboxylic acids is 1. The fourth-order valence-corrected chi connectivity index (χ4v) is 2.66. The summed E-state index contributed by atoms with van der Waals surface area (Å²) in [5.74, 6) is -0.656. The fraction of sp³-hybridized carbons (Fsp3) is 0.733. The maximum Gasteiger partial charge on any atom is 0.329 e. The van der Waals surface area contributed by atoms with Gasteiger partial charge in [0.05, 0.1) is 13.2 Å². The van der Waals surface area contributed by atoms with Crippen molar-refractivity contribution in [2.75, 3.05) is 19.8 Å². The lowest BCUT2D eigenvalue weighted by Gasteiger charge is -2.36. The summed E-state index contributed by atoms with van der Waals surface area (Å²) in [5, 5.41) is 14.7. The first-order chi connectivity index (χ1) is 9.85. The minimum Gasteiger partial charge on any atom is -0.480 e. The number of nitrogens with one attached hydrogen (secondary N) is 2. The van der Waals surface area contributed by atoms with Gasteiger partial charge in [0.1, 0.15) is 5.54 Å². The van der Waals surface area contributed by atoms with Crippen LogP contribution in [0, 0.1) is 5.92 Å². The van der Waals surface area contributed by atoms with Crippen molar-refractivity contribution in [2.24, 2.45) is 5.92 Å². The monoisotopic (exact) mass is 298 g/mol. The molecule has 6 nitrogen and oxygen atoms in total. The van der Waals surface area contributed by atoms with Gasteiger partial charge < -0.3 is 20.5 Å². The topological polar surface area (TPSA) is 87.7 Å². The van der Waals surface area contributed by atoms with Gasteiger partial charge in [0.25, 0.3) is 0 Å². The summed E-state index contributed by atoms with van der Waals surface area (Å²) in [7, 11) is 0. The van der Waals surface area contributed by atoms with Crippen molar-refractivity contribution >= 4 is 12.0 Å². The minimum atomic E-state index is -1.14. The van der Waals surface area contributed by atoms with Gasteiger partial charge in [-0.05, 0) is 25.7 Å². The zero-order valence-electron chi connectivity index (χ0n) is 12.9. The van der Waals surface area contributed by atoms with Gasteiger partial charge in [-0.15, -0.1) is 0 Å². The molecule has 2 amide bonds. The highest BCUT2D eigenvalue weighted by atomic mass is 16.5. The van der Waals surface area contributed by atoms with Gasteiger partial charge in [0.15, 0.2) is 0 Å². The third kappa shape index (κ3) is 5.75. The summed E-state index contributed by atoms with van der Waals surface area (Å²) >= 11 is 0. The van der Waals surface area contributed by atoms with Crippen LogP contribution in [0.4, 0.5) is 4.79 Å². The second-order valence-corrected chi connectivity index (χ2v) is 5.98. The van der Waals surface area contributed by atoms with Gasteiger partial charge >= 0.3 is 12.0 Å². The molecule has 0 saturated heterocycles.